The van der Waals surface area contributed by atoms with Gasteiger partial charge >= 0.3 is 5.69 Å². The monoisotopic (exact) mass is 303 g/mol. The molecule has 0 fully saturated rings. The first-order chi connectivity index (χ1) is 10.1. The SMILES string of the molecule is O=c1[nH]nc(-c2ccc(Cl)cc2)n1Cc1ccccc1F. The highest BCUT2D eigenvalue weighted by atomic mass is 35.5. The van der Waals surface area contributed by atoms with Crippen molar-refractivity contribution >= 4 is 11.6 Å². The van der Waals surface area contributed by atoms with Gasteiger partial charge < -0.3 is 0 Å². The number of benzene rings is 2. The van der Waals surface area contributed by atoms with E-state index >= 15 is 0 Å². The molecule has 1 aromatic heterocycles. The van der Waals surface area contributed by atoms with Crippen LogP contribution in [-0.2, 0) is 6.54 Å². The average molecular weight is 304 g/mol. The highest BCUT2D eigenvalue weighted by molar-refractivity contribution is 6.30. The van der Waals surface area contributed by atoms with Gasteiger partial charge in [-0.1, -0.05) is 29.8 Å². The van der Waals surface area contributed by atoms with Crippen molar-refractivity contribution in [3.63, 3.8) is 0 Å². The lowest BCUT2D eigenvalue weighted by molar-refractivity contribution is 0.597. The van der Waals surface area contributed by atoms with Crippen LogP contribution in [0.3, 0.4) is 0 Å². The lowest BCUT2D eigenvalue weighted by atomic mass is 10.2. The molecular weight excluding hydrogens is 293 g/mol. The Hall–Kier alpha value is -2.40. The van der Waals surface area contributed by atoms with Gasteiger partial charge in [0.25, 0.3) is 0 Å². The Balaban J connectivity index is 2.04. The molecule has 0 aliphatic rings. The molecule has 2 aromatic carbocycles. The number of H-pyrrole nitrogens is 1. The molecule has 0 amide bonds. The molecule has 1 N–H and O–H groups in total. The number of aromatic amines is 1. The maximum absolute atomic E-state index is 13.7. The quantitative estimate of drug-likeness (QED) is 0.808. The van der Waals surface area contributed by atoms with Gasteiger partial charge in [0.1, 0.15) is 5.82 Å². The van der Waals surface area contributed by atoms with Crippen LogP contribution in [0.4, 0.5) is 4.39 Å². The van der Waals surface area contributed by atoms with Crippen LogP contribution in [0.25, 0.3) is 11.4 Å². The van der Waals surface area contributed by atoms with E-state index in [-0.39, 0.29) is 18.1 Å². The van der Waals surface area contributed by atoms with Crippen molar-refractivity contribution in [1.29, 1.82) is 0 Å². The summed E-state index contributed by atoms with van der Waals surface area (Å²) in [5.74, 6) is 0.0903. The summed E-state index contributed by atoms with van der Waals surface area (Å²) in [6, 6.07) is 13.3. The van der Waals surface area contributed by atoms with Crippen molar-refractivity contribution in [3.05, 3.63) is 75.4 Å². The lowest BCUT2D eigenvalue weighted by Gasteiger charge is -2.07. The van der Waals surface area contributed by atoms with Crippen molar-refractivity contribution in [1.82, 2.24) is 14.8 Å². The second-order valence-electron chi connectivity index (χ2n) is 4.54. The van der Waals surface area contributed by atoms with Gasteiger partial charge in [-0.3, -0.25) is 4.57 Å². The zero-order valence-corrected chi connectivity index (χ0v) is 11.6. The minimum atomic E-state index is -0.386. The second kappa shape index (κ2) is 5.54. The van der Waals surface area contributed by atoms with Gasteiger partial charge in [0.2, 0.25) is 0 Å². The van der Waals surface area contributed by atoms with Gasteiger partial charge in [0.05, 0.1) is 6.54 Å². The smallest absolute Gasteiger partial charge is 0.271 e. The molecule has 0 saturated carbocycles. The third-order valence-corrected chi connectivity index (χ3v) is 3.40. The molecule has 106 valence electrons. The Morgan fingerprint density at radius 1 is 1.14 bits per heavy atom. The minimum absolute atomic E-state index is 0.111. The third-order valence-electron chi connectivity index (χ3n) is 3.15. The summed E-state index contributed by atoms with van der Waals surface area (Å²) in [7, 11) is 0. The predicted octanol–water partition coefficient (Wildman–Crippen LogP) is 3.08. The largest absolute Gasteiger partial charge is 0.343 e. The summed E-state index contributed by atoms with van der Waals surface area (Å²) < 4.78 is 15.1. The topological polar surface area (TPSA) is 50.7 Å². The van der Waals surface area contributed by atoms with Crippen LogP contribution in [0.2, 0.25) is 5.02 Å². The molecule has 0 atom stereocenters. The summed E-state index contributed by atoms with van der Waals surface area (Å²) in [5, 5.41) is 6.99. The molecule has 0 spiro atoms. The van der Waals surface area contributed by atoms with Crippen LogP contribution in [0, 0.1) is 5.82 Å². The van der Waals surface area contributed by atoms with Crippen molar-refractivity contribution in [3.8, 4) is 11.4 Å². The third kappa shape index (κ3) is 2.73. The summed E-state index contributed by atoms with van der Waals surface area (Å²) in [6.07, 6.45) is 0. The highest BCUT2D eigenvalue weighted by Crippen LogP contribution is 2.19. The molecule has 3 aromatic rings. The number of rotatable bonds is 3. The second-order valence-corrected chi connectivity index (χ2v) is 4.97. The number of hydrogen-bond donors (Lipinski definition) is 1. The molecule has 0 unspecified atom stereocenters. The number of halogens is 2. The Morgan fingerprint density at radius 3 is 2.57 bits per heavy atom. The number of hydrogen-bond acceptors (Lipinski definition) is 2. The van der Waals surface area contributed by atoms with E-state index in [2.05, 4.69) is 10.2 Å². The number of nitrogens with zero attached hydrogens (tertiary/aromatic N) is 2. The van der Waals surface area contributed by atoms with Crippen LogP contribution in [-0.4, -0.2) is 14.8 Å². The molecule has 0 aliphatic carbocycles. The van der Waals surface area contributed by atoms with Crippen LogP contribution in [0.5, 0.6) is 0 Å². The summed E-state index contributed by atoms with van der Waals surface area (Å²) in [5.41, 5.74) is 0.772. The fourth-order valence-electron chi connectivity index (χ4n) is 2.08. The zero-order chi connectivity index (χ0) is 14.8. The van der Waals surface area contributed by atoms with Gasteiger partial charge in [-0.25, -0.2) is 14.3 Å². The Bertz CT molecular complexity index is 823. The molecule has 21 heavy (non-hydrogen) atoms. The Kier molecular flexibility index (Phi) is 3.58. The van der Waals surface area contributed by atoms with Crippen molar-refractivity contribution in [2.75, 3.05) is 0 Å². The fraction of sp³-hybridized carbons (Fsp3) is 0.0667. The van der Waals surface area contributed by atoms with E-state index in [1.807, 2.05) is 0 Å². The van der Waals surface area contributed by atoms with Crippen LogP contribution >= 0.6 is 11.6 Å². The average Bonchev–Trinajstić information content (AvgIpc) is 2.84. The normalized spacial score (nSPS) is 10.8. The van der Waals surface area contributed by atoms with E-state index in [1.54, 1.807) is 42.5 Å². The van der Waals surface area contributed by atoms with E-state index in [4.69, 9.17) is 11.6 Å². The molecule has 4 nitrogen and oxygen atoms in total. The van der Waals surface area contributed by atoms with E-state index in [0.29, 0.717) is 16.4 Å². The molecule has 0 aliphatic heterocycles. The van der Waals surface area contributed by atoms with Crippen LogP contribution in [0.1, 0.15) is 5.56 Å². The molecular formula is C15H11ClFN3O. The Morgan fingerprint density at radius 2 is 1.86 bits per heavy atom. The van der Waals surface area contributed by atoms with E-state index < -0.39 is 0 Å². The molecule has 6 heteroatoms. The standard InChI is InChI=1S/C15H11ClFN3O/c16-12-7-5-10(6-8-12)14-18-19-15(21)20(14)9-11-3-1-2-4-13(11)17/h1-8H,9H2,(H,19,21). The van der Waals surface area contributed by atoms with Gasteiger partial charge in [0, 0.05) is 16.1 Å². The zero-order valence-electron chi connectivity index (χ0n) is 10.9. The van der Waals surface area contributed by atoms with Crippen LogP contribution in [0.15, 0.2) is 53.3 Å². The summed E-state index contributed by atoms with van der Waals surface area (Å²) in [4.78, 5) is 11.9. The molecule has 0 saturated heterocycles. The summed E-state index contributed by atoms with van der Waals surface area (Å²) >= 11 is 5.85. The molecule has 0 radical (unpaired) electrons. The first-order valence-electron chi connectivity index (χ1n) is 6.30. The van der Waals surface area contributed by atoms with Crippen LogP contribution < -0.4 is 5.69 Å². The first kappa shape index (κ1) is 13.6. The van der Waals surface area contributed by atoms with E-state index in [9.17, 15) is 9.18 Å². The maximum atomic E-state index is 13.7. The van der Waals surface area contributed by atoms with Gasteiger partial charge in [-0.2, -0.15) is 5.10 Å². The lowest BCUT2D eigenvalue weighted by Crippen LogP contribution is -2.19. The number of aromatic nitrogens is 3. The predicted molar refractivity (Wildman–Crippen MR) is 78.8 cm³/mol. The minimum Gasteiger partial charge on any atom is -0.271 e. The Labute approximate surface area is 124 Å². The summed E-state index contributed by atoms with van der Waals surface area (Å²) in [6.45, 7) is 0.111. The van der Waals surface area contributed by atoms with E-state index in [1.165, 1.54) is 10.6 Å². The van der Waals surface area contributed by atoms with Gasteiger partial charge in [-0.05, 0) is 30.3 Å². The molecule has 0 bridgehead atoms. The molecule has 1 heterocycles. The van der Waals surface area contributed by atoms with Crippen molar-refractivity contribution in [2.24, 2.45) is 0 Å². The van der Waals surface area contributed by atoms with Crippen molar-refractivity contribution < 1.29 is 4.39 Å². The maximum Gasteiger partial charge on any atom is 0.343 e. The number of nitrogens with one attached hydrogen (secondary N) is 1. The molecule has 3 rings (SSSR count). The van der Waals surface area contributed by atoms with Gasteiger partial charge in [-0.15, -0.1) is 0 Å². The highest BCUT2D eigenvalue weighted by Gasteiger charge is 2.12. The first-order valence-corrected chi connectivity index (χ1v) is 6.67. The van der Waals surface area contributed by atoms with Gasteiger partial charge in [0.15, 0.2) is 5.82 Å². The van der Waals surface area contributed by atoms with Crippen molar-refractivity contribution in [2.45, 2.75) is 6.54 Å². The fourth-order valence-corrected chi connectivity index (χ4v) is 2.21. The van der Waals surface area contributed by atoms with E-state index in [0.717, 1.165) is 5.56 Å².